The number of nitrogens with one attached hydrogen (secondary N) is 1. The zero-order chi connectivity index (χ0) is 24.5. The van der Waals surface area contributed by atoms with Gasteiger partial charge in [-0.3, -0.25) is 4.79 Å². The summed E-state index contributed by atoms with van der Waals surface area (Å²) in [7, 11) is 0. The summed E-state index contributed by atoms with van der Waals surface area (Å²) in [4.78, 5) is 24.8. The number of benzene rings is 3. The fraction of sp³-hybridized carbons (Fsp3) is 0.259. The van der Waals surface area contributed by atoms with Crippen molar-refractivity contribution in [1.82, 2.24) is 5.32 Å². The van der Waals surface area contributed by atoms with Crippen molar-refractivity contribution in [3.05, 3.63) is 94.0 Å². The molecule has 0 aliphatic rings. The Morgan fingerprint density at radius 2 is 1.74 bits per heavy atom. The minimum atomic E-state index is -1.04. The van der Waals surface area contributed by atoms with E-state index in [0.29, 0.717) is 36.0 Å². The molecule has 3 aromatic rings. The molecule has 0 fully saturated rings. The second-order valence-electron chi connectivity index (χ2n) is 7.92. The number of ether oxygens (including phenoxy) is 1. The van der Waals surface area contributed by atoms with Gasteiger partial charge in [-0.25, -0.2) is 4.79 Å². The van der Waals surface area contributed by atoms with Crippen molar-refractivity contribution in [2.75, 3.05) is 12.0 Å². The summed E-state index contributed by atoms with van der Waals surface area (Å²) in [5.74, 6) is -0.802. The van der Waals surface area contributed by atoms with Crippen LogP contribution in [0, 0.1) is 6.92 Å². The van der Waals surface area contributed by atoms with E-state index in [9.17, 15) is 14.7 Å². The second kappa shape index (κ2) is 14.4. The number of halogens is 1. The van der Waals surface area contributed by atoms with Crippen LogP contribution in [0.4, 0.5) is 0 Å². The Morgan fingerprint density at radius 1 is 1.03 bits per heavy atom. The van der Waals surface area contributed by atoms with E-state index < -0.39 is 17.9 Å². The summed E-state index contributed by atoms with van der Waals surface area (Å²) in [5.41, 5.74) is 4.91. The number of rotatable bonds is 11. The van der Waals surface area contributed by atoms with Gasteiger partial charge in [0, 0.05) is 10.6 Å². The number of hydrogen-bond donors (Lipinski definition) is 2. The first-order chi connectivity index (χ1) is 16.4. The van der Waals surface area contributed by atoms with Crippen molar-refractivity contribution >= 4 is 54.1 Å². The first kappa shape index (κ1) is 29.0. The number of carbonyl (C=O) groups is 2. The monoisotopic (exact) mass is 505 g/mol. The van der Waals surface area contributed by atoms with E-state index in [1.165, 1.54) is 0 Å². The van der Waals surface area contributed by atoms with Crippen LogP contribution >= 0.6 is 23.4 Å². The Balaban J connectivity index is 0.00000432. The maximum atomic E-state index is 13.1. The van der Waals surface area contributed by atoms with Crippen molar-refractivity contribution in [2.24, 2.45) is 0 Å². The summed E-state index contributed by atoms with van der Waals surface area (Å²) >= 11 is 7.76. The molecule has 3 aromatic carbocycles. The van der Waals surface area contributed by atoms with E-state index >= 15 is 0 Å². The third kappa shape index (κ3) is 8.17. The van der Waals surface area contributed by atoms with Gasteiger partial charge in [0.2, 0.25) is 0 Å². The molecule has 0 aromatic heterocycles. The average molecular weight is 506 g/mol. The van der Waals surface area contributed by atoms with Crippen LogP contribution in [0.5, 0.6) is 0 Å². The van der Waals surface area contributed by atoms with Crippen LogP contribution < -0.4 is 5.32 Å². The number of carboxylic acids is 1. The third-order valence-electron chi connectivity index (χ3n) is 5.46. The number of amides is 1. The molecule has 8 heteroatoms. The Kier molecular flexibility index (Phi) is 11.9. The Morgan fingerprint density at radius 3 is 2.43 bits per heavy atom. The second-order valence-corrected chi connectivity index (χ2v) is 9.32. The quantitative estimate of drug-likeness (QED) is 0.345. The van der Waals surface area contributed by atoms with Crippen LogP contribution in [0.3, 0.4) is 0 Å². The number of aryl methyl sites for hydroxylation is 1. The molecule has 0 radical (unpaired) electrons. The van der Waals surface area contributed by atoms with Crippen LogP contribution in [0.2, 0.25) is 5.02 Å². The Bertz CT molecular complexity index is 1160. The van der Waals surface area contributed by atoms with E-state index in [4.69, 9.17) is 16.3 Å². The van der Waals surface area contributed by atoms with Crippen LogP contribution in [-0.2, 0) is 22.7 Å². The normalized spacial score (nSPS) is 11.4. The van der Waals surface area contributed by atoms with Gasteiger partial charge >= 0.3 is 24.8 Å². The van der Waals surface area contributed by atoms with Gasteiger partial charge in [0.05, 0.1) is 13.2 Å². The van der Waals surface area contributed by atoms with Gasteiger partial charge in [-0.15, -0.1) is 0 Å². The van der Waals surface area contributed by atoms with Crippen molar-refractivity contribution in [2.45, 2.75) is 32.6 Å². The zero-order valence-corrected chi connectivity index (χ0v) is 20.8. The summed E-state index contributed by atoms with van der Waals surface area (Å²) < 4.78 is 5.88. The van der Waals surface area contributed by atoms with Crippen molar-refractivity contribution in [3.8, 4) is 11.1 Å². The predicted molar refractivity (Wildman–Crippen MR) is 146 cm³/mol. The topological polar surface area (TPSA) is 75.6 Å². The van der Waals surface area contributed by atoms with E-state index in [1.54, 1.807) is 17.8 Å². The standard InChI is InChI=1S/C27H28ClNO4S.Li.H/c1-18-7-3-5-9-21(18)23-15-19(16-33-17-20-8-4-6-10-24(20)28)11-12-22(23)26(30)29-25(27(31)32)13-14-34-2;;/h3-12,15,25H,13-14,16-17H2,1-2H3,(H,29,30)(H,31,32);;. The molecule has 5 nitrogen and oxygen atoms in total. The number of thioether (sulfide) groups is 1. The third-order valence-corrected chi connectivity index (χ3v) is 6.47. The predicted octanol–water partition coefficient (Wildman–Crippen LogP) is 5.32. The maximum absolute atomic E-state index is 13.1. The van der Waals surface area contributed by atoms with Crippen molar-refractivity contribution in [1.29, 1.82) is 0 Å². The molecule has 0 bridgehead atoms. The van der Waals surface area contributed by atoms with E-state index in [-0.39, 0.29) is 18.9 Å². The van der Waals surface area contributed by atoms with Crippen LogP contribution in [-0.4, -0.2) is 53.9 Å². The molecule has 1 unspecified atom stereocenters. The van der Waals surface area contributed by atoms with Crippen molar-refractivity contribution < 1.29 is 19.4 Å². The number of carboxylic acid groups (broad SMARTS) is 1. The fourth-order valence-electron chi connectivity index (χ4n) is 3.60. The van der Waals surface area contributed by atoms with Crippen LogP contribution in [0.15, 0.2) is 66.7 Å². The SMILES string of the molecule is CSCCC(NC(=O)c1ccc(COCc2ccccc2Cl)cc1-c1ccccc1C)C(=O)O.[LiH]. The van der Waals surface area contributed by atoms with E-state index in [2.05, 4.69) is 5.32 Å². The fourth-order valence-corrected chi connectivity index (χ4v) is 4.26. The Labute approximate surface area is 227 Å². The average Bonchev–Trinajstić information content (AvgIpc) is 2.83. The summed E-state index contributed by atoms with van der Waals surface area (Å²) in [6.45, 7) is 2.70. The minimum absolute atomic E-state index is 0. The van der Waals surface area contributed by atoms with Gasteiger partial charge < -0.3 is 15.2 Å². The van der Waals surface area contributed by atoms with E-state index in [0.717, 1.165) is 27.8 Å². The molecular formula is C27H29ClLiNO4S. The first-order valence-electron chi connectivity index (χ1n) is 10.9. The number of carbonyl (C=O) groups excluding carboxylic acids is 1. The van der Waals surface area contributed by atoms with Gasteiger partial charge in [-0.05, 0) is 71.4 Å². The van der Waals surface area contributed by atoms with Crippen LogP contribution in [0.1, 0.15) is 33.5 Å². The number of hydrogen-bond acceptors (Lipinski definition) is 4. The summed E-state index contributed by atoms with van der Waals surface area (Å²) in [6.07, 6.45) is 2.26. The molecule has 3 rings (SSSR count). The number of aliphatic carboxylic acids is 1. The zero-order valence-electron chi connectivity index (χ0n) is 19.2. The van der Waals surface area contributed by atoms with Gasteiger partial charge in [-0.1, -0.05) is 60.1 Å². The molecule has 0 aliphatic carbocycles. The molecule has 0 saturated heterocycles. The molecule has 0 spiro atoms. The first-order valence-corrected chi connectivity index (χ1v) is 12.7. The molecule has 1 amide bonds. The molecule has 0 aliphatic heterocycles. The van der Waals surface area contributed by atoms with Crippen LogP contribution in [0.25, 0.3) is 11.1 Å². The van der Waals surface area contributed by atoms with Gasteiger partial charge in [0.1, 0.15) is 6.04 Å². The molecular weight excluding hydrogens is 477 g/mol. The van der Waals surface area contributed by atoms with Gasteiger partial charge in [0.15, 0.2) is 0 Å². The van der Waals surface area contributed by atoms with Crippen molar-refractivity contribution in [3.63, 3.8) is 0 Å². The molecule has 0 saturated carbocycles. The van der Waals surface area contributed by atoms with Gasteiger partial charge in [0.25, 0.3) is 5.91 Å². The molecule has 1 atom stereocenters. The molecule has 35 heavy (non-hydrogen) atoms. The van der Waals surface area contributed by atoms with Gasteiger partial charge in [-0.2, -0.15) is 11.8 Å². The molecule has 180 valence electrons. The molecule has 2 N–H and O–H groups in total. The summed E-state index contributed by atoms with van der Waals surface area (Å²) in [6, 6.07) is 19.9. The Hall–Kier alpha value is -2.20. The van der Waals surface area contributed by atoms with E-state index in [1.807, 2.05) is 73.8 Å². The molecule has 0 heterocycles. The summed E-state index contributed by atoms with van der Waals surface area (Å²) in [5, 5.41) is 12.9.